The van der Waals surface area contributed by atoms with Crippen molar-refractivity contribution >= 4 is 0 Å². The molecule has 1 aliphatic rings. The smallest absolute Gasteiger partial charge is 0.311 e. The number of alkyl halides is 4. The number of piperazine rings is 1. The fourth-order valence-electron chi connectivity index (χ4n) is 1.68. The molecule has 1 heterocycles. The van der Waals surface area contributed by atoms with Gasteiger partial charge in [-0.3, -0.25) is 4.90 Å². The molecule has 0 aromatic carbocycles. The summed E-state index contributed by atoms with van der Waals surface area (Å²) in [5.74, 6) is -3.89. The molecule has 0 aromatic rings. The maximum atomic E-state index is 12.7. The van der Waals surface area contributed by atoms with Crippen molar-refractivity contribution in [1.29, 1.82) is 0 Å². The molecule has 0 spiro atoms. The van der Waals surface area contributed by atoms with E-state index in [1.807, 2.05) is 6.92 Å². The Morgan fingerprint density at radius 1 is 1.47 bits per heavy atom. The quantitative estimate of drug-likeness (QED) is 0.735. The Labute approximate surface area is 86.6 Å². The Balaban J connectivity index is 2.44. The summed E-state index contributed by atoms with van der Waals surface area (Å²) in [4.78, 5) is 1.40. The van der Waals surface area contributed by atoms with Gasteiger partial charge in [-0.25, -0.2) is 8.78 Å². The lowest BCUT2D eigenvalue weighted by Crippen LogP contribution is -2.54. The number of hydrogen-bond acceptors (Lipinski definition) is 2. The van der Waals surface area contributed by atoms with Crippen LogP contribution < -0.4 is 5.32 Å². The number of rotatable bonds is 4. The molecule has 0 saturated carbocycles. The summed E-state index contributed by atoms with van der Waals surface area (Å²) in [7, 11) is 0. The molecule has 1 unspecified atom stereocenters. The van der Waals surface area contributed by atoms with Crippen molar-refractivity contribution < 1.29 is 17.6 Å². The van der Waals surface area contributed by atoms with Crippen LogP contribution in [0.15, 0.2) is 0 Å². The highest BCUT2D eigenvalue weighted by molar-refractivity contribution is 4.82. The predicted molar refractivity (Wildman–Crippen MR) is 49.5 cm³/mol. The highest BCUT2D eigenvalue weighted by Gasteiger charge is 2.42. The molecule has 0 amide bonds. The second-order valence-electron chi connectivity index (χ2n) is 3.86. The third-order valence-corrected chi connectivity index (χ3v) is 2.59. The molecule has 15 heavy (non-hydrogen) atoms. The minimum absolute atomic E-state index is 0.132. The Morgan fingerprint density at radius 2 is 2.13 bits per heavy atom. The minimum Gasteiger partial charge on any atom is -0.311 e. The van der Waals surface area contributed by atoms with Gasteiger partial charge in [0.25, 0.3) is 0 Å². The van der Waals surface area contributed by atoms with E-state index in [9.17, 15) is 17.6 Å². The predicted octanol–water partition coefficient (Wildman–Crippen LogP) is 1.57. The van der Waals surface area contributed by atoms with Crippen LogP contribution in [0.25, 0.3) is 0 Å². The summed E-state index contributed by atoms with van der Waals surface area (Å²) < 4.78 is 49.4. The summed E-state index contributed by atoms with van der Waals surface area (Å²) >= 11 is 0. The van der Waals surface area contributed by atoms with Crippen molar-refractivity contribution in [3.8, 4) is 0 Å². The van der Waals surface area contributed by atoms with Gasteiger partial charge in [-0.2, -0.15) is 8.78 Å². The van der Waals surface area contributed by atoms with Crippen molar-refractivity contribution in [3.05, 3.63) is 0 Å². The molecule has 0 bridgehead atoms. The van der Waals surface area contributed by atoms with Gasteiger partial charge in [-0.1, -0.05) is 6.92 Å². The first-order valence-electron chi connectivity index (χ1n) is 5.07. The first-order chi connectivity index (χ1) is 6.95. The highest BCUT2D eigenvalue weighted by Crippen LogP contribution is 2.24. The van der Waals surface area contributed by atoms with Gasteiger partial charge in [0.2, 0.25) is 0 Å². The first-order valence-corrected chi connectivity index (χ1v) is 5.07. The third-order valence-electron chi connectivity index (χ3n) is 2.59. The van der Waals surface area contributed by atoms with Gasteiger partial charge in [0, 0.05) is 25.7 Å². The molecule has 6 heteroatoms. The van der Waals surface area contributed by atoms with E-state index < -0.39 is 18.9 Å². The first kappa shape index (κ1) is 12.7. The molecular formula is C9H16F4N2. The second-order valence-corrected chi connectivity index (χ2v) is 3.86. The molecule has 90 valence electrons. The van der Waals surface area contributed by atoms with Crippen LogP contribution in [0, 0.1) is 0 Å². The van der Waals surface area contributed by atoms with Crippen LogP contribution in [-0.4, -0.2) is 49.5 Å². The normalized spacial score (nSPS) is 24.8. The van der Waals surface area contributed by atoms with E-state index in [0.29, 0.717) is 19.6 Å². The zero-order chi connectivity index (χ0) is 11.5. The largest absolute Gasteiger partial charge is 0.319 e. The van der Waals surface area contributed by atoms with Gasteiger partial charge in [0.15, 0.2) is 0 Å². The van der Waals surface area contributed by atoms with Gasteiger partial charge >= 0.3 is 12.3 Å². The summed E-state index contributed by atoms with van der Waals surface area (Å²) in [6.07, 6.45) is -2.76. The minimum atomic E-state index is -3.89. The molecule has 1 rings (SSSR count). The van der Waals surface area contributed by atoms with Crippen LogP contribution in [0.4, 0.5) is 17.6 Å². The Morgan fingerprint density at radius 3 is 2.67 bits per heavy atom. The second kappa shape index (κ2) is 5.12. The maximum absolute atomic E-state index is 12.7. The van der Waals surface area contributed by atoms with Crippen molar-refractivity contribution in [2.75, 3.05) is 26.2 Å². The molecular weight excluding hydrogens is 212 g/mol. The third kappa shape index (κ3) is 3.61. The van der Waals surface area contributed by atoms with Crippen LogP contribution in [0.3, 0.4) is 0 Å². The fraction of sp³-hybridized carbons (Fsp3) is 1.00. The molecule has 1 aliphatic heterocycles. The lowest BCUT2D eigenvalue weighted by molar-refractivity contribution is -0.144. The van der Waals surface area contributed by atoms with Crippen LogP contribution in [-0.2, 0) is 0 Å². The average Bonchev–Trinajstić information content (AvgIpc) is 2.17. The summed E-state index contributed by atoms with van der Waals surface area (Å²) in [6.45, 7) is 2.49. The van der Waals surface area contributed by atoms with E-state index in [4.69, 9.17) is 0 Å². The molecule has 0 aromatic heterocycles. The number of halogens is 4. The average molecular weight is 228 g/mol. The van der Waals surface area contributed by atoms with Crippen LogP contribution in [0.2, 0.25) is 0 Å². The van der Waals surface area contributed by atoms with Crippen molar-refractivity contribution in [2.45, 2.75) is 31.7 Å². The molecule has 1 atom stereocenters. The van der Waals surface area contributed by atoms with Gasteiger partial charge in [0.1, 0.15) is 0 Å². The van der Waals surface area contributed by atoms with Crippen molar-refractivity contribution in [2.24, 2.45) is 0 Å². The zero-order valence-corrected chi connectivity index (χ0v) is 8.65. The van der Waals surface area contributed by atoms with E-state index in [2.05, 4.69) is 5.32 Å². The number of nitrogens with zero attached hydrogens (tertiary/aromatic N) is 1. The van der Waals surface area contributed by atoms with E-state index in [1.54, 1.807) is 0 Å². The number of hydrogen-bond donors (Lipinski definition) is 1. The lowest BCUT2D eigenvalue weighted by atomic mass is 10.1. The summed E-state index contributed by atoms with van der Waals surface area (Å²) in [6, 6.07) is 0.132. The van der Waals surface area contributed by atoms with E-state index in [-0.39, 0.29) is 6.04 Å². The topological polar surface area (TPSA) is 15.3 Å². The molecule has 0 radical (unpaired) electrons. The molecule has 1 fully saturated rings. The Bertz CT molecular complexity index is 199. The van der Waals surface area contributed by atoms with E-state index in [1.165, 1.54) is 4.90 Å². The fourth-order valence-corrected chi connectivity index (χ4v) is 1.68. The SMILES string of the molecule is CCC1CN(CC(F)(F)C(F)F)CCN1. The van der Waals surface area contributed by atoms with Gasteiger partial charge < -0.3 is 5.32 Å². The maximum Gasteiger partial charge on any atom is 0.319 e. The molecule has 1 N–H and O–H groups in total. The Hall–Kier alpha value is -0.360. The number of nitrogens with one attached hydrogen (secondary N) is 1. The highest BCUT2D eigenvalue weighted by atomic mass is 19.3. The zero-order valence-electron chi connectivity index (χ0n) is 8.65. The Kier molecular flexibility index (Phi) is 4.33. The monoisotopic (exact) mass is 228 g/mol. The summed E-state index contributed by atoms with van der Waals surface area (Å²) in [5, 5.41) is 3.14. The van der Waals surface area contributed by atoms with Crippen LogP contribution >= 0.6 is 0 Å². The van der Waals surface area contributed by atoms with Gasteiger partial charge in [-0.05, 0) is 6.42 Å². The van der Waals surface area contributed by atoms with E-state index >= 15 is 0 Å². The van der Waals surface area contributed by atoms with E-state index in [0.717, 1.165) is 6.42 Å². The van der Waals surface area contributed by atoms with Crippen LogP contribution in [0.1, 0.15) is 13.3 Å². The molecule has 2 nitrogen and oxygen atoms in total. The van der Waals surface area contributed by atoms with Crippen LogP contribution in [0.5, 0.6) is 0 Å². The van der Waals surface area contributed by atoms with Gasteiger partial charge in [-0.15, -0.1) is 0 Å². The standard InChI is InChI=1S/C9H16F4N2/c1-2-7-5-15(4-3-14-7)6-9(12,13)8(10)11/h7-8,14H,2-6H2,1H3. The van der Waals surface area contributed by atoms with Crippen molar-refractivity contribution in [1.82, 2.24) is 10.2 Å². The summed E-state index contributed by atoms with van der Waals surface area (Å²) in [5.41, 5.74) is 0. The van der Waals surface area contributed by atoms with Gasteiger partial charge in [0.05, 0.1) is 6.54 Å². The van der Waals surface area contributed by atoms with Crippen molar-refractivity contribution in [3.63, 3.8) is 0 Å². The molecule has 0 aliphatic carbocycles. The lowest BCUT2D eigenvalue weighted by Gasteiger charge is -2.35. The molecule has 1 saturated heterocycles.